The molecule has 2 rings (SSSR count). The van der Waals surface area contributed by atoms with Crippen LogP contribution in [0.25, 0.3) is 10.9 Å². The molecular formula is C19H25FN2O3. The number of carbonyl (C=O) groups is 1. The molecule has 3 N–H and O–H groups in total. The fourth-order valence-electron chi connectivity index (χ4n) is 3.21. The number of aryl methyl sites for hydroxylation is 1. The Labute approximate surface area is 146 Å². The van der Waals surface area contributed by atoms with Crippen molar-refractivity contribution in [3.63, 3.8) is 0 Å². The third-order valence-corrected chi connectivity index (χ3v) is 4.40. The highest BCUT2D eigenvalue weighted by Gasteiger charge is 2.26. The molecule has 1 heterocycles. The largest absolute Gasteiger partial charge is 0.388 e. The van der Waals surface area contributed by atoms with Crippen LogP contribution in [0.5, 0.6) is 0 Å². The Morgan fingerprint density at radius 3 is 2.52 bits per heavy atom. The van der Waals surface area contributed by atoms with Crippen LogP contribution >= 0.6 is 0 Å². The van der Waals surface area contributed by atoms with Gasteiger partial charge in [-0.15, -0.1) is 0 Å². The quantitative estimate of drug-likeness (QED) is 0.719. The Morgan fingerprint density at radius 1 is 1.28 bits per heavy atom. The molecule has 0 radical (unpaired) electrons. The molecule has 136 valence electrons. The van der Waals surface area contributed by atoms with Gasteiger partial charge in [0.05, 0.1) is 11.1 Å². The molecule has 0 saturated heterocycles. The van der Waals surface area contributed by atoms with Crippen molar-refractivity contribution < 1.29 is 14.3 Å². The third-order valence-electron chi connectivity index (χ3n) is 4.40. The summed E-state index contributed by atoms with van der Waals surface area (Å²) in [5.74, 6) is -1.09. The molecule has 25 heavy (non-hydrogen) atoms. The van der Waals surface area contributed by atoms with Gasteiger partial charge in [-0.05, 0) is 37.5 Å². The molecule has 6 heteroatoms. The van der Waals surface area contributed by atoms with Crippen molar-refractivity contribution in [2.45, 2.75) is 52.1 Å². The molecule has 0 atom stereocenters. The summed E-state index contributed by atoms with van der Waals surface area (Å²) >= 11 is 0. The molecule has 1 amide bonds. The van der Waals surface area contributed by atoms with Crippen LogP contribution in [0.4, 0.5) is 4.39 Å². The van der Waals surface area contributed by atoms with E-state index in [4.69, 9.17) is 0 Å². The summed E-state index contributed by atoms with van der Waals surface area (Å²) in [5.41, 5.74) is -0.488. The van der Waals surface area contributed by atoms with E-state index in [1.165, 1.54) is 12.3 Å². The normalized spacial score (nSPS) is 11.7. The van der Waals surface area contributed by atoms with Crippen LogP contribution in [0.3, 0.4) is 0 Å². The van der Waals surface area contributed by atoms with Crippen LogP contribution in [0.2, 0.25) is 0 Å². The zero-order valence-corrected chi connectivity index (χ0v) is 14.9. The van der Waals surface area contributed by atoms with Gasteiger partial charge in [0.2, 0.25) is 5.43 Å². The van der Waals surface area contributed by atoms with E-state index in [2.05, 4.69) is 10.3 Å². The van der Waals surface area contributed by atoms with Gasteiger partial charge < -0.3 is 15.4 Å². The summed E-state index contributed by atoms with van der Waals surface area (Å²) in [5, 5.41) is 13.4. The maximum Gasteiger partial charge on any atom is 0.256 e. The van der Waals surface area contributed by atoms with E-state index in [0.717, 1.165) is 18.9 Å². The lowest BCUT2D eigenvalue weighted by molar-refractivity contribution is 0.0213. The van der Waals surface area contributed by atoms with Crippen LogP contribution < -0.4 is 10.7 Å². The fourth-order valence-corrected chi connectivity index (χ4v) is 3.21. The Hall–Kier alpha value is -2.21. The summed E-state index contributed by atoms with van der Waals surface area (Å²) in [4.78, 5) is 27.8. The van der Waals surface area contributed by atoms with E-state index < -0.39 is 22.8 Å². The van der Waals surface area contributed by atoms with Crippen LogP contribution in [-0.2, 0) is 0 Å². The van der Waals surface area contributed by atoms with Crippen molar-refractivity contribution in [2.24, 2.45) is 0 Å². The zero-order chi connectivity index (χ0) is 18.6. The third kappa shape index (κ3) is 4.25. The lowest BCUT2D eigenvalue weighted by Gasteiger charge is -2.27. The summed E-state index contributed by atoms with van der Waals surface area (Å²) in [6.45, 7) is 5.70. The number of carbonyl (C=O) groups excluding carboxylic acids is 1. The number of pyridine rings is 1. The summed E-state index contributed by atoms with van der Waals surface area (Å²) in [7, 11) is 0. The van der Waals surface area contributed by atoms with Crippen molar-refractivity contribution in [2.75, 3.05) is 6.54 Å². The molecule has 5 nitrogen and oxygen atoms in total. The summed E-state index contributed by atoms with van der Waals surface area (Å²) in [6, 6.07) is 2.45. The van der Waals surface area contributed by atoms with Gasteiger partial charge in [-0.1, -0.05) is 26.7 Å². The van der Waals surface area contributed by atoms with Gasteiger partial charge in [0.15, 0.2) is 0 Å². The highest BCUT2D eigenvalue weighted by molar-refractivity contribution is 5.97. The van der Waals surface area contributed by atoms with Crippen LogP contribution in [0.1, 0.15) is 55.5 Å². The van der Waals surface area contributed by atoms with Gasteiger partial charge in [0.25, 0.3) is 5.91 Å². The number of H-pyrrole nitrogens is 1. The number of halogens is 1. The average Bonchev–Trinajstić information content (AvgIpc) is 2.54. The van der Waals surface area contributed by atoms with Gasteiger partial charge in [0.1, 0.15) is 11.4 Å². The Balaban J connectivity index is 2.28. The van der Waals surface area contributed by atoms with Crippen molar-refractivity contribution in [1.82, 2.24) is 10.3 Å². The minimum absolute atomic E-state index is 0.0766. The van der Waals surface area contributed by atoms with E-state index in [1.807, 2.05) is 13.8 Å². The Kier molecular flexibility index (Phi) is 5.95. The lowest BCUT2D eigenvalue weighted by Crippen LogP contribution is -2.43. The first-order valence-corrected chi connectivity index (χ1v) is 8.63. The van der Waals surface area contributed by atoms with Crippen molar-refractivity contribution in [3.8, 4) is 0 Å². The SMILES string of the molecule is CCCC(O)(CCC)CNC(=O)c1c[nH]c2c(C)cc(F)cc2c1=O. The van der Waals surface area contributed by atoms with Gasteiger partial charge in [-0.2, -0.15) is 0 Å². The van der Waals surface area contributed by atoms with Gasteiger partial charge >= 0.3 is 0 Å². The monoisotopic (exact) mass is 348 g/mol. The molecule has 0 unspecified atom stereocenters. The molecule has 0 aliphatic heterocycles. The van der Waals surface area contributed by atoms with Crippen LogP contribution in [0.15, 0.2) is 23.1 Å². The molecular weight excluding hydrogens is 323 g/mol. The van der Waals surface area contributed by atoms with E-state index in [0.29, 0.717) is 23.9 Å². The molecule has 0 saturated carbocycles. The highest BCUT2D eigenvalue weighted by Crippen LogP contribution is 2.19. The summed E-state index contributed by atoms with van der Waals surface area (Å²) in [6.07, 6.45) is 4.06. The fraction of sp³-hybridized carbons (Fsp3) is 0.474. The zero-order valence-electron chi connectivity index (χ0n) is 14.9. The van der Waals surface area contributed by atoms with Gasteiger partial charge in [-0.3, -0.25) is 9.59 Å². The Morgan fingerprint density at radius 2 is 1.92 bits per heavy atom. The molecule has 0 aliphatic carbocycles. The average molecular weight is 348 g/mol. The molecule has 0 bridgehead atoms. The second kappa shape index (κ2) is 7.78. The number of aliphatic hydroxyl groups is 1. The minimum Gasteiger partial charge on any atom is -0.388 e. The van der Waals surface area contributed by atoms with Crippen molar-refractivity contribution >= 4 is 16.8 Å². The first kappa shape index (κ1) is 19.1. The number of rotatable bonds is 7. The maximum absolute atomic E-state index is 13.6. The second-order valence-corrected chi connectivity index (χ2v) is 6.58. The number of amides is 1. The number of aromatic nitrogens is 1. The Bertz CT molecular complexity index is 823. The molecule has 0 fully saturated rings. The number of hydrogen-bond acceptors (Lipinski definition) is 3. The van der Waals surface area contributed by atoms with Gasteiger partial charge in [0, 0.05) is 18.1 Å². The van der Waals surface area contributed by atoms with E-state index in [9.17, 15) is 19.1 Å². The first-order valence-electron chi connectivity index (χ1n) is 8.63. The predicted molar refractivity (Wildman–Crippen MR) is 96.4 cm³/mol. The second-order valence-electron chi connectivity index (χ2n) is 6.58. The highest BCUT2D eigenvalue weighted by atomic mass is 19.1. The lowest BCUT2D eigenvalue weighted by atomic mass is 9.92. The van der Waals surface area contributed by atoms with E-state index in [1.54, 1.807) is 6.92 Å². The van der Waals surface area contributed by atoms with E-state index in [-0.39, 0.29) is 17.5 Å². The molecule has 0 aliphatic rings. The number of hydrogen-bond donors (Lipinski definition) is 3. The number of fused-ring (bicyclic) bond motifs is 1. The maximum atomic E-state index is 13.6. The van der Waals surface area contributed by atoms with Gasteiger partial charge in [-0.25, -0.2) is 4.39 Å². The summed E-state index contributed by atoms with van der Waals surface area (Å²) < 4.78 is 13.6. The van der Waals surface area contributed by atoms with Crippen LogP contribution in [-0.4, -0.2) is 28.1 Å². The van der Waals surface area contributed by atoms with Crippen molar-refractivity contribution in [1.29, 1.82) is 0 Å². The first-order chi connectivity index (χ1) is 11.8. The minimum atomic E-state index is -0.981. The smallest absolute Gasteiger partial charge is 0.256 e. The molecule has 0 spiro atoms. The standard InChI is InChI=1S/C19H25FN2O3/c1-4-6-19(25,7-5-2)11-22-18(24)15-10-21-16-12(3)8-13(20)9-14(16)17(15)23/h8-10,25H,4-7,11H2,1-3H3,(H,21,23)(H,22,24). The molecule has 2 aromatic rings. The number of aromatic amines is 1. The van der Waals surface area contributed by atoms with Crippen LogP contribution in [0, 0.1) is 12.7 Å². The molecule has 1 aromatic heterocycles. The predicted octanol–water partition coefficient (Wildman–Crippen LogP) is 3.04. The van der Waals surface area contributed by atoms with E-state index >= 15 is 0 Å². The van der Waals surface area contributed by atoms with Crippen molar-refractivity contribution in [3.05, 3.63) is 45.5 Å². The topological polar surface area (TPSA) is 82.2 Å². The number of benzene rings is 1. The molecule has 1 aromatic carbocycles. The number of nitrogens with one attached hydrogen (secondary N) is 2.